The number of carbonyl (C=O) groups excluding carboxylic acids is 1. The Hall–Kier alpha value is -2.29. The molecule has 0 atom stereocenters. The fourth-order valence-corrected chi connectivity index (χ4v) is 4.47. The number of hydrogen-bond acceptors (Lipinski definition) is 1. The van der Waals surface area contributed by atoms with Crippen LogP contribution in [0.15, 0.2) is 48.5 Å². The van der Waals surface area contributed by atoms with Crippen LogP contribution in [0.25, 0.3) is 0 Å². The van der Waals surface area contributed by atoms with E-state index in [4.69, 9.17) is 0 Å². The summed E-state index contributed by atoms with van der Waals surface area (Å²) in [7, 11) is 0. The molecule has 0 heterocycles. The fourth-order valence-electron chi connectivity index (χ4n) is 4.47. The SMILES string of the molecule is CC(C)c1cccc(C(C)C)c1NC(=O)NC1(Cc2ccccc2)CCCC1. The van der Waals surface area contributed by atoms with Crippen LogP contribution in [0.1, 0.15) is 81.9 Å². The maximum Gasteiger partial charge on any atom is 0.319 e. The molecule has 0 aromatic heterocycles. The van der Waals surface area contributed by atoms with Gasteiger partial charge in [-0.25, -0.2) is 4.79 Å². The van der Waals surface area contributed by atoms with Crippen LogP contribution in [-0.2, 0) is 6.42 Å². The molecule has 3 rings (SSSR count). The Morgan fingerprint density at radius 1 is 0.893 bits per heavy atom. The van der Waals surface area contributed by atoms with E-state index in [9.17, 15) is 4.79 Å². The van der Waals surface area contributed by atoms with Gasteiger partial charge in [0.05, 0.1) is 0 Å². The Balaban J connectivity index is 1.81. The minimum Gasteiger partial charge on any atom is -0.332 e. The fraction of sp³-hybridized carbons (Fsp3) is 0.480. The number of para-hydroxylation sites is 1. The predicted octanol–water partition coefficient (Wildman–Crippen LogP) is 6.61. The zero-order valence-corrected chi connectivity index (χ0v) is 17.7. The van der Waals surface area contributed by atoms with Crippen molar-refractivity contribution in [2.75, 3.05) is 5.32 Å². The third-order valence-corrected chi connectivity index (χ3v) is 5.94. The minimum absolute atomic E-state index is 0.0761. The first-order valence-corrected chi connectivity index (χ1v) is 10.7. The Kier molecular flexibility index (Phi) is 6.43. The van der Waals surface area contributed by atoms with E-state index in [0.29, 0.717) is 11.8 Å². The van der Waals surface area contributed by atoms with Crippen molar-refractivity contribution < 1.29 is 4.79 Å². The maximum absolute atomic E-state index is 13.1. The smallest absolute Gasteiger partial charge is 0.319 e. The Morgan fingerprint density at radius 2 is 1.46 bits per heavy atom. The van der Waals surface area contributed by atoms with Gasteiger partial charge in [0.25, 0.3) is 0 Å². The summed E-state index contributed by atoms with van der Waals surface area (Å²) in [5, 5.41) is 6.60. The van der Waals surface area contributed by atoms with Crippen LogP contribution >= 0.6 is 0 Å². The van der Waals surface area contributed by atoms with Crippen LogP contribution in [0.4, 0.5) is 10.5 Å². The second kappa shape index (κ2) is 8.81. The molecule has 0 unspecified atom stereocenters. The largest absolute Gasteiger partial charge is 0.332 e. The van der Waals surface area contributed by atoms with Crippen molar-refractivity contribution in [2.45, 2.75) is 77.2 Å². The van der Waals surface area contributed by atoms with Crippen LogP contribution in [0.5, 0.6) is 0 Å². The topological polar surface area (TPSA) is 41.1 Å². The summed E-state index contributed by atoms with van der Waals surface area (Å²) in [5.41, 5.74) is 4.53. The monoisotopic (exact) mass is 378 g/mol. The second-order valence-corrected chi connectivity index (χ2v) is 8.85. The van der Waals surface area contributed by atoms with Crippen molar-refractivity contribution >= 4 is 11.7 Å². The molecule has 2 N–H and O–H groups in total. The summed E-state index contributed by atoms with van der Waals surface area (Å²) < 4.78 is 0. The molecule has 150 valence electrons. The molecule has 0 radical (unpaired) electrons. The van der Waals surface area contributed by atoms with Crippen LogP contribution < -0.4 is 10.6 Å². The van der Waals surface area contributed by atoms with Gasteiger partial charge in [0.1, 0.15) is 0 Å². The molecular formula is C25H34N2O. The van der Waals surface area contributed by atoms with Gasteiger partial charge in [0.2, 0.25) is 0 Å². The molecule has 1 aliphatic rings. The Labute approximate surface area is 169 Å². The maximum atomic E-state index is 13.1. The number of anilines is 1. The molecular weight excluding hydrogens is 344 g/mol. The molecule has 2 aromatic rings. The van der Waals surface area contributed by atoms with Crippen LogP contribution in [0.3, 0.4) is 0 Å². The van der Waals surface area contributed by atoms with E-state index in [2.05, 4.69) is 80.8 Å². The Morgan fingerprint density at radius 3 is 2.00 bits per heavy atom. The quantitative estimate of drug-likeness (QED) is 0.583. The van der Waals surface area contributed by atoms with E-state index in [1.165, 1.54) is 29.5 Å². The second-order valence-electron chi connectivity index (χ2n) is 8.85. The van der Waals surface area contributed by atoms with Gasteiger partial charge in [-0.2, -0.15) is 0 Å². The normalized spacial score (nSPS) is 15.8. The number of urea groups is 1. The van der Waals surface area contributed by atoms with Gasteiger partial charge in [-0.15, -0.1) is 0 Å². The van der Waals surface area contributed by atoms with Crippen molar-refractivity contribution in [1.82, 2.24) is 5.32 Å². The van der Waals surface area contributed by atoms with Crippen molar-refractivity contribution in [3.63, 3.8) is 0 Å². The Bertz CT molecular complexity index is 763. The summed E-state index contributed by atoms with van der Waals surface area (Å²) in [6.45, 7) is 8.71. The van der Waals surface area contributed by atoms with Crippen molar-refractivity contribution in [3.05, 3.63) is 65.2 Å². The lowest BCUT2D eigenvalue weighted by Crippen LogP contribution is -2.49. The van der Waals surface area contributed by atoms with Crippen molar-refractivity contribution in [1.29, 1.82) is 0 Å². The lowest BCUT2D eigenvalue weighted by Gasteiger charge is -2.31. The summed E-state index contributed by atoms with van der Waals surface area (Å²) in [6, 6.07) is 16.8. The lowest BCUT2D eigenvalue weighted by molar-refractivity contribution is 0.235. The molecule has 0 aliphatic heterocycles. The van der Waals surface area contributed by atoms with Gasteiger partial charge in [-0.05, 0) is 47.8 Å². The van der Waals surface area contributed by atoms with E-state index < -0.39 is 0 Å². The van der Waals surface area contributed by atoms with Gasteiger partial charge in [-0.1, -0.05) is 89.1 Å². The molecule has 3 nitrogen and oxygen atoms in total. The molecule has 28 heavy (non-hydrogen) atoms. The molecule has 3 heteroatoms. The molecule has 2 amide bonds. The standard InChI is InChI=1S/C25H34N2O/c1-18(2)21-13-10-14-22(19(3)4)23(21)26-24(28)27-25(15-8-9-16-25)17-20-11-6-5-7-12-20/h5-7,10-14,18-19H,8-9,15-17H2,1-4H3,(H2,26,27,28). The molecule has 0 saturated heterocycles. The summed E-state index contributed by atoms with van der Waals surface area (Å²) in [5.74, 6) is 0.720. The number of benzene rings is 2. The van der Waals surface area contributed by atoms with Crippen LogP contribution in [0.2, 0.25) is 0 Å². The lowest BCUT2D eigenvalue weighted by atomic mass is 9.89. The highest BCUT2D eigenvalue weighted by Gasteiger charge is 2.35. The predicted molar refractivity (Wildman–Crippen MR) is 118 cm³/mol. The number of rotatable bonds is 6. The van der Waals surface area contributed by atoms with Gasteiger partial charge in [-0.3, -0.25) is 0 Å². The first-order valence-electron chi connectivity index (χ1n) is 10.7. The van der Waals surface area contributed by atoms with E-state index >= 15 is 0 Å². The summed E-state index contributed by atoms with van der Waals surface area (Å²) in [6.07, 6.45) is 5.32. The minimum atomic E-state index is -0.143. The summed E-state index contributed by atoms with van der Waals surface area (Å²) in [4.78, 5) is 13.1. The molecule has 1 aliphatic carbocycles. The molecule has 1 fully saturated rings. The molecule has 2 aromatic carbocycles. The highest BCUT2D eigenvalue weighted by atomic mass is 16.2. The first kappa shape index (κ1) is 20.4. The first-order chi connectivity index (χ1) is 13.4. The van der Waals surface area contributed by atoms with Crippen molar-refractivity contribution in [2.24, 2.45) is 0 Å². The van der Waals surface area contributed by atoms with E-state index in [0.717, 1.165) is 24.9 Å². The van der Waals surface area contributed by atoms with Gasteiger partial charge < -0.3 is 10.6 Å². The van der Waals surface area contributed by atoms with Crippen molar-refractivity contribution in [3.8, 4) is 0 Å². The average molecular weight is 379 g/mol. The van der Waals surface area contributed by atoms with Crippen LogP contribution in [-0.4, -0.2) is 11.6 Å². The average Bonchev–Trinajstić information content (AvgIpc) is 3.10. The molecule has 0 spiro atoms. The third-order valence-electron chi connectivity index (χ3n) is 5.94. The van der Waals surface area contributed by atoms with E-state index in [1.807, 2.05) is 6.07 Å². The van der Waals surface area contributed by atoms with E-state index in [1.54, 1.807) is 0 Å². The van der Waals surface area contributed by atoms with E-state index in [-0.39, 0.29) is 11.6 Å². The number of nitrogens with one attached hydrogen (secondary N) is 2. The third kappa shape index (κ3) is 4.76. The molecule has 1 saturated carbocycles. The zero-order chi connectivity index (χ0) is 20.1. The number of carbonyl (C=O) groups is 1. The molecule has 0 bridgehead atoms. The number of amides is 2. The highest BCUT2D eigenvalue weighted by molar-refractivity contribution is 5.92. The van der Waals surface area contributed by atoms with Crippen LogP contribution in [0, 0.1) is 0 Å². The summed E-state index contributed by atoms with van der Waals surface area (Å²) >= 11 is 0. The number of hydrogen-bond donors (Lipinski definition) is 2. The highest BCUT2D eigenvalue weighted by Crippen LogP contribution is 2.35. The zero-order valence-electron chi connectivity index (χ0n) is 17.7. The van der Waals surface area contributed by atoms with Gasteiger partial charge in [0, 0.05) is 11.2 Å². The van der Waals surface area contributed by atoms with Gasteiger partial charge in [0.15, 0.2) is 0 Å². The van der Waals surface area contributed by atoms with Gasteiger partial charge >= 0.3 is 6.03 Å².